The molecular weight excluding hydrogens is 224 g/mol. The molecule has 0 bridgehead atoms. The minimum atomic E-state index is -0.340. The van der Waals surface area contributed by atoms with Crippen LogP contribution in [-0.4, -0.2) is 60.6 Å². The lowest BCUT2D eigenvalue weighted by Gasteiger charge is -2.38. The maximum absolute atomic E-state index is 9.35. The average molecular weight is 250 g/mol. The molecule has 4 heteroatoms. The number of hydrogen-bond acceptors (Lipinski definition) is 4. The monoisotopic (exact) mass is 250 g/mol. The number of nitriles is 1. The molecule has 0 spiro atoms. The second-order valence-electron chi connectivity index (χ2n) is 6.24. The fourth-order valence-electron chi connectivity index (χ4n) is 2.55. The molecule has 1 aliphatic heterocycles. The van der Waals surface area contributed by atoms with E-state index in [1.165, 1.54) is 12.8 Å². The number of piperazine rings is 1. The Morgan fingerprint density at radius 2 is 2.11 bits per heavy atom. The molecule has 1 aliphatic carbocycles. The van der Waals surface area contributed by atoms with Crippen LogP contribution in [-0.2, 0) is 0 Å². The van der Waals surface area contributed by atoms with Crippen LogP contribution >= 0.6 is 0 Å². The molecule has 0 radical (unpaired) electrons. The summed E-state index contributed by atoms with van der Waals surface area (Å²) >= 11 is 0. The molecule has 1 N–H and O–H groups in total. The molecule has 0 aromatic carbocycles. The first-order chi connectivity index (χ1) is 8.52. The Hall–Kier alpha value is -0.630. The van der Waals surface area contributed by atoms with E-state index in [-0.39, 0.29) is 5.54 Å². The molecule has 0 aromatic heterocycles. The summed E-state index contributed by atoms with van der Waals surface area (Å²) in [6.07, 6.45) is 3.40. The highest BCUT2D eigenvalue weighted by molar-refractivity contribution is 5.07. The smallest absolute Gasteiger partial charge is 0.105 e. The van der Waals surface area contributed by atoms with Crippen molar-refractivity contribution in [2.75, 3.05) is 33.2 Å². The normalized spacial score (nSPS) is 29.8. The first-order valence-corrected chi connectivity index (χ1v) is 7.14. The first-order valence-electron chi connectivity index (χ1n) is 7.14. The van der Waals surface area contributed by atoms with E-state index in [1.54, 1.807) is 0 Å². The number of rotatable bonds is 5. The van der Waals surface area contributed by atoms with Crippen LogP contribution in [0.25, 0.3) is 0 Å². The van der Waals surface area contributed by atoms with Gasteiger partial charge < -0.3 is 9.80 Å². The summed E-state index contributed by atoms with van der Waals surface area (Å²) in [7, 11) is 2.19. The van der Waals surface area contributed by atoms with Crippen LogP contribution in [0.3, 0.4) is 0 Å². The van der Waals surface area contributed by atoms with Gasteiger partial charge in [0.2, 0.25) is 0 Å². The van der Waals surface area contributed by atoms with Crippen molar-refractivity contribution < 1.29 is 0 Å². The van der Waals surface area contributed by atoms with Gasteiger partial charge in [0.25, 0.3) is 0 Å². The molecule has 1 saturated heterocycles. The van der Waals surface area contributed by atoms with Crippen molar-refractivity contribution in [2.45, 2.75) is 50.7 Å². The molecule has 4 nitrogen and oxygen atoms in total. The molecule has 2 unspecified atom stereocenters. The third-order valence-corrected chi connectivity index (χ3v) is 4.32. The van der Waals surface area contributed by atoms with Gasteiger partial charge in [0.05, 0.1) is 6.07 Å². The Kier molecular flexibility index (Phi) is 4.26. The largest absolute Gasteiger partial charge is 0.301 e. The topological polar surface area (TPSA) is 42.3 Å². The molecule has 2 fully saturated rings. The van der Waals surface area contributed by atoms with Gasteiger partial charge in [0, 0.05) is 38.3 Å². The third kappa shape index (κ3) is 3.68. The zero-order chi connectivity index (χ0) is 13.2. The molecule has 18 heavy (non-hydrogen) atoms. The average Bonchev–Trinajstić information content (AvgIpc) is 3.15. The second-order valence-corrected chi connectivity index (χ2v) is 6.24. The minimum absolute atomic E-state index is 0.340. The highest BCUT2D eigenvalue weighted by atomic mass is 15.3. The van der Waals surface area contributed by atoms with E-state index in [0.717, 1.165) is 32.6 Å². The minimum Gasteiger partial charge on any atom is -0.301 e. The molecule has 2 atom stereocenters. The van der Waals surface area contributed by atoms with Crippen LogP contribution in [0, 0.1) is 11.3 Å². The summed E-state index contributed by atoms with van der Waals surface area (Å²) in [6.45, 7) is 8.75. The molecule has 0 amide bonds. The summed E-state index contributed by atoms with van der Waals surface area (Å²) in [4.78, 5) is 4.90. The van der Waals surface area contributed by atoms with E-state index in [4.69, 9.17) is 0 Å². The predicted octanol–water partition coefficient (Wildman–Crippen LogP) is 1.05. The molecule has 0 aromatic rings. The Morgan fingerprint density at radius 3 is 2.67 bits per heavy atom. The zero-order valence-electron chi connectivity index (χ0n) is 11.9. The Balaban J connectivity index is 1.77. The lowest BCUT2D eigenvalue weighted by molar-refractivity contribution is 0.0995. The highest BCUT2D eigenvalue weighted by Crippen LogP contribution is 2.24. The van der Waals surface area contributed by atoms with E-state index in [2.05, 4.69) is 35.2 Å². The highest BCUT2D eigenvalue weighted by Gasteiger charge is 2.33. The van der Waals surface area contributed by atoms with Crippen LogP contribution in [0.1, 0.15) is 33.1 Å². The van der Waals surface area contributed by atoms with Gasteiger partial charge in [-0.3, -0.25) is 5.32 Å². The van der Waals surface area contributed by atoms with Gasteiger partial charge in [-0.1, -0.05) is 0 Å². The zero-order valence-corrected chi connectivity index (χ0v) is 11.9. The van der Waals surface area contributed by atoms with Crippen molar-refractivity contribution in [3.63, 3.8) is 0 Å². The van der Waals surface area contributed by atoms with Crippen LogP contribution in [0.4, 0.5) is 0 Å². The van der Waals surface area contributed by atoms with E-state index >= 15 is 0 Å². The van der Waals surface area contributed by atoms with Crippen LogP contribution in [0.15, 0.2) is 0 Å². The van der Waals surface area contributed by atoms with Gasteiger partial charge in [-0.05, 0) is 40.2 Å². The lowest BCUT2D eigenvalue weighted by atomic mass is 9.99. The third-order valence-electron chi connectivity index (χ3n) is 4.32. The summed E-state index contributed by atoms with van der Waals surface area (Å²) in [5, 5.41) is 12.8. The SMILES string of the molecule is CC1CN(CCC(C)(C#N)NC2CC2)CCN1C. The lowest BCUT2D eigenvalue weighted by Crippen LogP contribution is -2.52. The van der Waals surface area contributed by atoms with Crippen molar-refractivity contribution in [3.8, 4) is 6.07 Å². The van der Waals surface area contributed by atoms with Gasteiger partial charge in [0.15, 0.2) is 0 Å². The second kappa shape index (κ2) is 5.56. The molecule has 102 valence electrons. The quantitative estimate of drug-likeness (QED) is 0.792. The Morgan fingerprint density at radius 1 is 1.39 bits per heavy atom. The first kappa shape index (κ1) is 13.8. The van der Waals surface area contributed by atoms with Crippen molar-refractivity contribution in [3.05, 3.63) is 0 Å². The van der Waals surface area contributed by atoms with Crippen molar-refractivity contribution in [2.24, 2.45) is 0 Å². The fraction of sp³-hybridized carbons (Fsp3) is 0.929. The van der Waals surface area contributed by atoms with Crippen LogP contribution in [0.5, 0.6) is 0 Å². The Labute approximate surface area is 111 Å². The van der Waals surface area contributed by atoms with E-state index in [0.29, 0.717) is 12.1 Å². The van der Waals surface area contributed by atoms with Gasteiger partial charge in [-0.15, -0.1) is 0 Å². The Bertz CT molecular complexity index is 320. The number of nitrogens with zero attached hydrogens (tertiary/aromatic N) is 3. The summed E-state index contributed by atoms with van der Waals surface area (Å²) in [5.41, 5.74) is -0.340. The number of nitrogens with one attached hydrogen (secondary N) is 1. The standard InChI is InChI=1S/C14H26N4/c1-12-10-18(9-8-17(12)3)7-6-14(2,11-15)16-13-4-5-13/h12-13,16H,4-10H2,1-3H3. The molecule has 1 saturated carbocycles. The van der Waals surface area contributed by atoms with E-state index in [9.17, 15) is 5.26 Å². The van der Waals surface area contributed by atoms with Crippen LogP contribution < -0.4 is 5.32 Å². The molecule has 2 rings (SSSR count). The summed E-state index contributed by atoms with van der Waals surface area (Å²) in [6, 6.07) is 3.69. The number of likely N-dealkylation sites (N-methyl/N-ethyl adjacent to an activating group) is 1. The molecule has 2 aliphatic rings. The summed E-state index contributed by atoms with van der Waals surface area (Å²) < 4.78 is 0. The van der Waals surface area contributed by atoms with E-state index in [1.807, 2.05) is 6.92 Å². The van der Waals surface area contributed by atoms with Crippen molar-refractivity contribution >= 4 is 0 Å². The van der Waals surface area contributed by atoms with Crippen LogP contribution in [0.2, 0.25) is 0 Å². The van der Waals surface area contributed by atoms with Gasteiger partial charge >= 0.3 is 0 Å². The maximum Gasteiger partial charge on any atom is 0.105 e. The molecule has 1 heterocycles. The van der Waals surface area contributed by atoms with Gasteiger partial charge in [0.1, 0.15) is 5.54 Å². The predicted molar refractivity (Wildman–Crippen MR) is 73.3 cm³/mol. The van der Waals surface area contributed by atoms with Crippen molar-refractivity contribution in [1.29, 1.82) is 5.26 Å². The van der Waals surface area contributed by atoms with Gasteiger partial charge in [-0.25, -0.2) is 0 Å². The molecular formula is C14H26N4. The fourth-order valence-corrected chi connectivity index (χ4v) is 2.55. The maximum atomic E-state index is 9.35. The van der Waals surface area contributed by atoms with Crippen molar-refractivity contribution in [1.82, 2.24) is 15.1 Å². The number of hydrogen-bond donors (Lipinski definition) is 1. The van der Waals surface area contributed by atoms with E-state index < -0.39 is 0 Å². The van der Waals surface area contributed by atoms with Gasteiger partial charge in [-0.2, -0.15) is 5.26 Å². The summed E-state index contributed by atoms with van der Waals surface area (Å²) in [5.74, 6) is 0.